The van der Waals surface area contributed by atoms with E-state index in [0.717, 1.165) is 30.3 Å². The van der Waals surface area contributed by atoms with Gasteiger partial charge in [0.05, 0.1) is 45.8 Å². The number of nitrogens with zero attached hydrogens (tertiary/aromatic N) is 5. The second-order valence-electron chi connectivity index (χ2n) is 9.89. The van der Waals surface area contributed by atoms with E-state index in [0.29, 0.717) is 39.7 Å². The summed E-state index contributed by atoms with van der Waals surface area (Å²) in [7, 11) is 1.75. The first-order valence-electron chi connectivity index (χ1n) is 11.7. The zero-order valence-corrected chi connectivity index (χ0v) is 19.7. The monoisotopic (exact) mass is 509 g/mol. The predicted molar refractivity (Wildman–Crippen MR) is 127 cm³/mol. The Morgan fingerprint density at radius 3 is 2.54 bits per heavy atom. The predicted octanol–water partition coefficient (Wildman–Crippen LogP) is 3.59. The molecule has 190 valence electrons. The number of carbonyl (C=O) groups is 2. The number of hydrogen-bond acceptors (Lipinski definition) is 6. The van der Waals surface area contributed by atoms with Gasteiger partial charge in [0, 0.05) is 24.2 Å². The van der Waals surface area contributed by atoms with Crippen LogP contribution in [0.15, 0.2) is 42.7 Å². The number of anilines is 1. The number of nitrogens with two attached hydrogens (primary N) is 1. The minimum absolute atomic E-state index is 0.198. The Morgan fingerprint density at radius 1 is 1.16 bits per heavy atom. The summed E-state index contributed by atoms with van der Waals surface area (Å²) in [4.78, 5) is 35.0. The first-order chi connectivity index (χ1) is 17.5. The Labute approximate surface area is 208 Å². The van der Waals surface area contributed by atoms with Crippen molar-refractivity contribution >= 4 is 39.4 Å². The fraction of sp³-hybridized carbons (Fsp3) is 0.320. The van der Waals surface area contributed by atoms with E-state index >= 15 is 0 Å². The number of hydrazine groups is 1. The van der Waals surface area contributed by atoms with E-state index in [1.807, 2.05) is 0 Å². The van der Waals surface area contributed by atoms with Gasteiger partial charge in [0.25, 0.3) is 5.91 Å². The van der Waals surface area contributed by atoms with Gasteiger partial charge in [-0.25, -0.2) is 9.99 Å². The molecule has 2 amide bonds. The van der Waals surface area contributed by atoms with E-state index in [9.17, 15) is 22.8 Å². The SMILES string of the molecule is Cn1ncc2c(N)nc3ccc(C(=O)N(Cc4ccc(C(F)(F)F)cn4)NC(=O)C45CC(C4)C5)cc3c21. The van der Waals surface area contributed by atoms with Crippen LogP contribution in [-0.2, 0) is 24.6 Å². The summed E-state index contributed by atoms with van der Waals surface area (Å²) in [6.07, 6.45) is 0.117. The lowest BCUT2D eigenvalue weighted by molar-refractivity contribution is -0.169. The van der Waals surface area contributed by atoms with Gasteiger partial charge < -0.3 is 5.73 Å². The van der Waals surface area contributed by atoms with Crippen LogP contribution in [0, 0.1) is 11.3 Å². The van der Waals surface area contributed by atoms with Crippen molar-refractivity contribution in [2.45, 2.75) is 32.0 Å². The van der Waals surface area contributed by atoms with Crippen molar-refractivity contribution < 1.29 is 22.8 Å². The highest BCUT2D eigenvalue weighted by atomic mass is 19.4. The molecule has 9 nitrogen and oxygen atoms in total. The Kier molecular flexibility index (Phi) is 4.95. The van der Waals surface area contributed by atoms with Gasteiger partial charge in [0.1, 0.15) is 5.82 Å². The number of aryl methyl sites for hydroxylation is 1. The molecule has 3 aromatic heterocycles. The zero-order valence-electron chi connectivity index (χ0n) is 19.7. The molecule has 7 rings (SSSR count). The number of aromatic nitrogens is 4. The fourth-order valence-corrected chi connectivity index (χ4v) is 5.25. The second kappa shape index (κ2) is 7.89. The number of benzene rings is 1. The molecule has 0 saturated heterocycles. The third kappa shape index (κ3) is 3.74. The summed E-state index contributed by atoms with van der Waals surface area (Å²) in [5.74, 6) is 0.0684. The number of carbonyl (C=O) groups excluding carboxylic acids is 2. The van der Waals surface area contributed by atoms with E-state index in [-0.39, 0.29) is 23.7 Å². The van der Waals surface area contributed by atoms with Gasteiger partial charge >= 0.3 is 6.18 Å². The highest BCUT2D eigenvalue weighted by molar-refractivity contribution is 6.10. The standard InChI is InChI=1S/C25H22F3N7O2/c1-34-20-17-6-14(2-5-19(17)32-21(29)18(20)11-31-34)22(36)35(33-23(37)24-7-13(8-24)9-24)12-16-4-3-15(10-30-16)25(26,27)28/h2-6,10-11,13H,7-9,12H2,1H3,(H2,29,32)(H,33,37). The summed E-state index contributed by atoms with van der Waals surface area (Å²) >= 11 is 0. The van der Waals surface area contributed by atoms with Crippen molar-refractivity contribution in [3.63, 3.8) is 0 Å². The number of amides is 2. The first-order valence-corrected chi connectivity index (χ1v) is 11.7. The molecule has 0 spiro atoms. The summed E-state index contributed by atoms with van der Waals surface area (Å²) < 4.78 is 40.6. The third-order valence-electron chi connectivity index (χ3n) is 7.43. The van der Waals surface area contributed by atoms with Gasteiger partial charge in [-0.2, -0.15) is 18.3 Å². The highest BCUT2D eigenvalue weighted by Gasteiger charge is 2.61. The van der Waals surface area contributed by atoms with Gasteiger partial charge in [-0.05, 0) is 55.5 Å². The average Bonchev–Trinajstić information content (AvgIpc) is 3.18. The van der Waals surface area contributed by atoms with Gasteiger partial charge in [-0.15, -0.1) is 0 Å². The van der Waals surface area contributed by atoms with Crippen molar-refractivity contribution in [3.8, 4) is 0 Å². The first kappa shape index (κ1) is 23.2. The number of rotatable bonds is 4. The maximum atomic E-state index is 13.7. The Bertz CT molecular complexity index is 1560. The maximum absolute atomic E-state index is 13.7. The molecule has 3 saturated carbocycles. The topological polar surface area (TPSA) is 119 Å². The largest absolute Gasteiger partial charge is 0.417 e. The number of alkyl halides is 3. The molecule has 1 aromatic carbocycles. The lowest BCUT2D eigenvalue weighted by atomic mass is 9.44. The summed E-state index contributed by atoms with van der Waals surface area (Å²) in [5.41, 5.74) is 9.14. The van der Waals surface area contributed by atoms with E-state index in [1.54, 1.807) is 36.1 Å². The number of pyridine rings is 2. The van der Waals surface area contributed by atoms with Crippen LogP contribution >= 0.6 is 0 Å². The number of halogens is 3. The van der Waals surface area contributed by atoms with Crippen molar-refractivity contribution in [1.29, 1.82) is 0 Å². The fourth-order valence-electron chi connectivity index (χ4n) is 5.25. The van der Waals surface area contributed by atoms with Gasteiger partial charge in [0.15, 0.2) is 0 Å². The minimum atomic E-state index is -4.53. The second-order valence-corrected chi connectivity index (χ2v) is 9.89. The molecular weight excluding hydrogens is 487 g/mol. The van der Waals surface area contributed by atoms with E-state index < -0.39 is 23.1 Å². The zero-order chi connectivity index (χ0) is 26.1. The molecule has 3 aliphatic carbocycles. The summed E-state index contributed by atoms with van der Waals surface area (Å²) in [6, 6.07) is 6.97. The molecule has 0 unspecified atom stereocenters. The molecule has 0 radical (unpaired) electrons. The van der Waals surface area contributed by atoms with Crippen molar-refractivity contribution in [2.75, 3.05) is 5.73 Å². The van der Waals surface area contributed by atoms with Crippen LogP contribution in [0.5, 0.6) is 0 Å². The van der Waals surface area contributed by atoms with E-state index in [1.165, 1.54) is 6.07 Å². The molecule has 0 aliphatic heterocycles. The number of fused-ring (bicyclic) bond motifs is 3. The Balaban J connectivity index is 1.35. The molecule has 4 aromatic rings. The quantitative estimate of drug-likeness (QED) is 0.406. The molecule has 12 heteroatoms. The van der Waals surface area contributed by atoms with E-state index in [2.05, 4.69) is 20.5 Å². The van der Waals surface area contributed by atoms with Crippen molar-refractivity contribution in [2.24, 2.45) is 18.4 Å². The Morgan fingerprint density at radius 2 is 1.92 bits per heavy atom. The van der Waals surface area contributed by atoms with Crippen molar-refractivity contribution in [3.05, 3.63) is 59.5 Å². The molecule has 3 fully saturated rings. The number of nitrogens with one attached hydrogen (secondary N) is 1. The highest BCUT2D eigenvalue weighted by Crippen LogP contribution is 2.64. The van der Waals surface area contributed by atoms with Crippen LogP contribution in [0.2, 0.25) is 0 Å². The molecular formula is C25H22F3N7O2. The van der Waals surface area contributed by atoms with Crippen LogP contribution in [0.4, 0.5) is 19.0 Å². The van der Waals surface area contributed by atoms with Crippen molar-refractivity contribution in [1.82, 2.24) is 30.2 Å². The smallest absolute Gasteiger partial charge is 0.383 e. The van der Waals surface area contributed by atoms with Crippen LogP contribution < -0.4 is 11.2 Å². The number of hydrogen-bond donors (Lipinski definition) is 2. The van der Waals surface area contributed by atoms with Crippen LogP contribution in [-0.4, -0.2) is 36.6 Å². The van der Waals surface area contributed by atoms with Gasteiger partial charge in [-0.3, -0.25) is 24.7 Å². The summed E-state index contributed by atoms with van der Waals surface area (Å²) in [5, 5.41) is 6.64. The molecule has 0 atom stereocenters. The molecule has 3 aliphatic rings. The Hall–Kier alpha value is -4.22. The molecule has 3 N–H and O–H groups in total. The van der Waals surface area contributed by atoms with Gasteiger partial charge in [-0.1, -0.05) is 0 Å². The van der Waals surface area contributed by atoms with E-state index in [4.69, 9.17) is 5.73 Å². The van der Waals surface area contributed by atoms with Crippen LogP contribution in [0.3, 0.4) is 0 Å². The minimum Gasteiger partial charge on any atom is -0.383 e. The van der Waals surface area contributed by atoms with Crippen LogP contribution in [0.25, 0.3) is 21.8 Å². The maximum Gasteiger partial charge on any atom is 0.417 e. The lowest BCUT2D eigenvalue weighted by Gasteiger charge is -2.60. The number of nitrogen functional groups attached to an aromatic ring is 1. The molecule has 37 heavy (non-hydrogen) atoms. The molecule has 2 bridgehead atoms. The molecule has 3 heterocycles. The normalized spacial score (nSPS) is 20.4. The summed E-state index contributed by atoms with van der Waals surface area (Å²) in [6.45, 7) is -0.207. The third-order valence-corrected chi connectivity index (χ3v) is 7.43. The average molecular weight is 509 g/mol. The van der Waals surface area contributed by atoms with Crippen LogP contribution in [0.1, 0.15) is 40.9 Å². The van der Waals surface area contributed by atoms with Gasteiger partial charge in [0.2, 0.25) is 5.91 Å². The lowest BCUT2D eigenvalue weighted by Crippen LogP contribution is -2.63.